The molecule has 1 aromatic carbocycles. The molecule has 0 radical (unpaired) electrons. The molecule has 108 valence electrons. The van der Waals surface area contributed by atoms with Crippen LogP contribution in [-0.4, -0.2) is 10.6 Å². The lowest BCUT2D eigenvalue weighted by molar-refractivity contribution is 0.124. The zero-order valence-electron chi connectivity index (χ0n) is 12.3. The van der Waals surface area contributed by atoms with Crippen LogP contribution in [0.15, 0.2) is 36.4 Å². The van der Waals surface area contributed by atoms with E-state index in [1.54, 1.807) is 36.4 Å². The van der Waals surface area contributed by atoms with Crippen LogP contribution in [0, 0.1) is 11.3 Å². The summed E-state index contributed by atoms with van der Waals surface area (Å²) in [7, 11) is 0. The molecule has 2 N–H and O–H groups in total. The van der Waals surface area contributed by atoms with Crippen LogP contribution in [0.25, 0.3) is 0 Å². The highest BCUT2D eigenvalue weighted by Gasteiger charge is 2.16. The Kier molecular flexibility index (Phi) is 3.99. The zero-order valence-corrected chi connectivity index (χ0v) is 12.3. The van der Waals surface area contributed by atoms with Gasteiger partial charge in [-0.2, -0.15) is 10.2 Å². The summed E-state index contributed by atoms with van der Waals surface area (Å²) in [6, 6.07) is 12.2. The number of nitrogens with zero attached hydrogens (tertiary/aromatic N) is 2. The van der Waals surface area contributed by atoms with Crippen molar-refractivity contribution in [1.82, 2.24) is 4.98 Å². The van der Waals surface area contributed by atoms with Crippen LogP contribution in [0.5, 0.6) is 17.5 Å². The SMILES string of the molecule is CC(C)(C)Oc1nc(Oc2ccc(C#N)cc2)ccc1N. The third-order valence-electron chi connectivity index (χ3n) is 2.47. The van der Waals surface area contributed by atoms with E-state index in [0.29, 0.717) is 28.8 Å². The fraction of sp³-hybridized carbons (Fsp3) is 0.250. The molecular formula is C16H17N3O2. The third-order valence-corrected chi connectivity index (χ3v) is 2.47. The summed E-state index contributed by atoms with van der Waals surface area (Å²) in [6.45, 7) is 5.76. The molecule has 2 rings (SSSR count). The number of hydrogen-bond acceptors (Lipinski definition) is 5. The van der Waals surface area contributed by atoms with Crippen molar-refractivity contribution in [2.24, 2.45) is 0 Å². The Morgan fingerprint density at radius 3 is 2.33 bits per heavy atom. The number of rotatable bonds is 3. The standard InChI is InChI=1S/C16H17N3O2/c1-16(2,3)21-15-13(18)8-9-14(19-15)20-12-6-4-11(10-17)5-7-12/h4-9H,18H2,1-3H3. The molecule has 0 atom stereocenters. The van der Waals surface area contributed by atoms with Crippen molar-refractivity contribution in [3.05, 3.63) is 42.0 Å². The number of nitrogens with two attached hydrogens (primary N) is 1. The first-order chi connectivity index (χ1) is 9.87. The van der Waals surface area contributed by atoms with E-state index < -0.39 is 5.60 Å². The van der Waals surface area contributed by atoms with Crippen LogP contribution in [0.1, 0.15) is 26.3 Å². The van der Waals surface area contributed by atoms with E-state index >= 15 is 0 Å². The average Bonchev–Trinajstić information content (AvgIpc) is 2.42. The lowest BCUT2D eigenvalue weighted by atomic mass is 10.2. The first kappa shape index (κ1) is 14.7. The van der Waals surface area contributed by atoms with Crippen molar-refractivity contribution >= 4 is 5.69 Å². The molecule has 0 amide bonds. The Morgan fingerprint density at radius 1 is 1.10 bits per heavy atom. The van der Waals surface area contributed by atoms with Crippen LogP contribution >= 0.6 is 0 Å². The van der Waals surface area contributed by atoms with Gasteiger partial charge >= 0.3 is 0 Å². The second-order valence-electron chi connectivity index (χ2n) is 5.50. The quantitative estimate of drug-likeness (QED) is 0.932. The first-order valence-corrected chi connectivity index (χ1v) is 6.51. The summed E-state index contributed by atoms with van der Waals surface area (Å²) >= 11 is 0. The van der Waals surface area contributed by atoms with Crippen molar-refractivity contribution in [2.75, 3.05) is 5.73 Å². The van der Waals surface area contributed by atoms with Crippen LogP contribution in [0.4, 0.5) is 5.69 Å². The van der Waals surface area contributed by atoms with Gasteiger partial charge in [-0.25, -0.2) is 0 Å². The minimum atomic E-state index is -0.395. The second kappa shape index (κ2) is 5.71. The highest BCUT2D eigenvalue weighted by molar-refractivity contribution is 5.50. The van der Waals surface area contributed by atoms with Gasteiger partial charge in [0.1, 0.15) is 11.4 Å². The molecule has 1 aromatic heterocycles. The molecule has 5 heteroatoms. The van der Waals surface area contributed by atoms with Gasteiger partial charge in [0.15, 0.2) is 0 Å². The normalized spacial score (nSPS) is 10.8. The van der Waals surface area contributed by atoms with Gasteiger partial charge in [-0.15, -0.1) is 0 Å². The molecule has 0 fully saturated rings. The lowest BCUT2D eigenvalue weighted by Gasteiger charge is -2.21. The van der Waals surface area contributed by atoms with Crippen LogP contribution in [0.3, 0.4) is 0 Å². The molecule has 0 unspecified atom stereocenters. The molecule has 0 saturated heterocycles. The van der Waals surface area contributed by atoms with E-state index in [1.165, 1.54) is 0 Å². The van der Waals surface area contributed by atoms with Gasteiger partial charge in [0, 0.05) is 6.07 Å². The van der Waals surface area contributed by atoms with Crippen molar-refractivity contribution in [3.8, 4) is 23.6 Å². The Balaban J connectivity index is 2.20. The number of nitriles is 1. The van der Waals surface area contributed by atoms with Gasteiger partial charge < -0.3 is 15.2 Å². The maximum Gasteiger partial charge on any atom is 0.241 e. The van der Waals surface area contributed by atoms with Gasteiger partial charge in [-0.05, 0) is 51.1 Å². The predicted octanol–water partition coefficient (Wildman–Crippen LogP) is 3.51. The number of nitrogen functional groups attached to an aromatic ring is 1. The Morgan fingerprint density at radius 2 is 1.76 bits per heavy atom. The van der Waals surface area contributed by atoms with Crippen LogP contribution < -0.4 is 15.2 Å². The number of benzene rings is 1. The minimum Gasteiger partial charge on any atom is -0.470 e. The maximum atomic E-state index is 8.76. The summed E-state index contributed by atoms with van der Waals surface area (Å²) in [5.74, 6) is 1.31. The number of hydrogen-bond donors (Lipinski definition) is 1. The molecule has 5 nitrogen and oxygen atoms in total. The van der Waals surface area contributed by atoms with E-state index in [0.717, 1.165) is 0 Å². The molecule has 2 aromatic rings. The molecule has 0 saturated carbocycles. The molecule has 0 spiro atoms. The summed E-state index contributed by atoms with van der Waals surface area (Å²) < 4.78 is 11.3. The van der Waals surface area contributed by atoms with Gasteiger partial charge in [-0.3, -0.25) is 0 Å². The van der Waals surface area contributed by atoms with E-state index in [2.05, 4.69) is 11.1 Å². The van der Waals surface area contributed by atoms with Gasteiger partial charge in [-0.1, -0.05) is 0 Å². The summed E-state index contributed by atoms with van der Waals surface area (Å²) in [4.78, 5) is 4.26. The molecule has 0 aliphatic heterocycles. The summed E-state index contributed by atoms with van der Waals surface area (Å²) in [6.07, 6.45) is 0. The maximum absolute atomic E-state index is 8.76. The van der Waals surface area contributed by atoms with E-state index in [-0.39, 0.29) is 0 Å². The fourth-order valence-corrected chi connectivity index (χ4v) is 1.58. The summed E-state index contributed by atoms with van der Waals surface area (Å²) in [5, 5.41) is 8.76. The van der Waals surface area contributed by atoms with Crippen molar-refractivity contribution in [1.29, 1.82) is 5.26 Å². The van der Waals surface area contributed by atoms with Crippen molar-refractivity contribution < 1.29 is 9.47 Å². The van der Waals surface area contributed by atoms with Gasteiger partial charge in [0.2, 0.25) is 11.8 Å². The molecule has 0 bridgehead atoms. The predicted molar refractivity (Wildman–Crippen MR) is 80.3 cm³/mol. The minimum absolute atomic E-state index is 0.341. The largest absolute Gasteiger partial charge is 0.470 e. The lowest BCUT2D eigenvalue weighted by Crippen LogP contribution is -2.24. The molecule has 0 aliphatic carbocycles. The zero-order chi connectivity index (χ0) is 15.5. The monoisotopic (exact) mass is 283 g/mol. The van der Waals surface area contributed by atoms with E-state index in [9.17, 15) is 0 Å². The van der Waals surface area contributed by atoms with Crippen molar-refractivity contribution in [2.45, 2.75) is 26.4 Å². The van der Waals surface area contributed by atoms with E-state index in [1.807, 2.05) is 20.8 Å². The first-order valence-electron chi connectivity index (χ1n) is 6.51. The Bertz CT molecular complexity index is 667. The Labute approximate surface area is 123 Å². The number of aromatic nitrogens is 1. The molecule has 21 heavy (non-hydrogen) atoms. The summed E-state index contributed by atoms with van der Waals surface area (Å²) in [5.41, 5.74) is 6.48. The van der Waals surface area contributed by atoms with Crippen molar-refractivity contribution in [3.63, 3.8) is 0 Å². The highest BCUT2D eigenvalue weighted by atomic mass is 16.5. The topological polar surface area (TPSA) is 81.2 Å². The molecular weight excluding hydrogens is 266 g/mol. The molecule has 0 aliphatic rings. The average molecular weight is 283 g/mol. The third kappa shape index (κ3) is 4.11. The van der Waals surface area contributed by atoms with E-state index in [4.69, 9.17) is 20.5 Å². The smallest absolute Gasteiger partial charge is 0.241 e. The molecule has 1 heterocycles. The van der Waals surface area contributed by atoms with Gasteiger partial charge in [0.05, 0.1) is 17.3 Å². The van der Waals surface area contributed by atoms with Crippen LogP contribution in [-0.2, 0) is 0 Å². The van der Waals surface area contributed by atoms with Crippen LogP contribution in [0.2, 0.25) is 0 Å². The number of anilines is 1. The second-order valence-corrected chi connectivity index (χ2v) is 5.50. The Hall–Kier alpha value is -2.74. The highest BCUT2D eigenvalue weighted by Crippen LogP contribution is 2.28. The number of ether oxygens (including phenoxy) is 2. The number of pyridine rings is 1. The fourth-order valence-electron chi connectivity index (χ4n) is 1.58. The van der Waals surface area contributed by atoms with Gasteiger partial charge in [0.25, 0.3) is 0 Å².